The van der Waals surface area contributed by atoms with Crippen LogP contribution in [0.2, 0.25) is 0 Å². The molecule has 1 aromatic carbocycles. The lowest BCUT2D eigenvalue weighted by atomic mass is 9.96. The Labute approximate surface area is 156 Å². The minimum Gasteiger partial charge on any atom is -0.373 e. The molecule has 2 heterocycles. The predicted molar refractivity (Wildman–Crippen MR) is 106 cm³/mol. The fourth-order valence-corrected chi connectivity index (χ4v) is 3.52. The van der Waals surface area contributed by atoms with Crippen molar-refractivity contribution in [2.45, 2.75) is 56.8 Å². The molecule has 0 radical (unpaired) electrons. The highest BCUT2D eigenvalue weighted by molar-refractivity contribution is 14.0. The molecule has 0 saturated carbocycles. The van der Waals surface area contributed by atoms with E-state index < -0.39 is 0 Å². The Balaban J connectivity index is 0.00000192. The van der Waals surface area contributed by atoms with Gasteiger partial charge in [-0.15, -0.1) is 24.0 Å². The molecule has 2 saturated heterocycles. The van der Waals surface area contributed by atoms with Crippen LogP contribution >= 0.6 is 24.0 Å². The molecule has 2 aliphatic rings. The van der Waals surface area contributed by atoms with E-state index in [1.165, 1.54) is 18.4 Å². The van der Waals surface area contributed by atoms with Crippen molar-refractivity contribution >= 4 is 29.9 Å². The molecule has 5 heteroatoms. The topological polar surface area (TPSA) is 45.7 Å². The summed E-state index contributed by atoms with van der Waals surface area (Å²) in [7, 11) is 1.84. The van der Waals surface area contributed by atoms with Gasteiger partial charge in [0.25, 0.3) is 0 Å². The lowest BCUT2D eigenvalue weighted by molar-refractivity contribution is 0.0992. The largest absolute Gasteiger partial charge is 0.373 e. The van der Waals surface area contributed by atoms with Gasteiger partial charge in [0.15, 0.2) is 5.96 Å². The molecule has 23 heavy (non-hydrogen) atoms. The van der Waals surface area contributed by atoms with Gasteiger partial charge >= 0.3 is 0 Å². The van der Waals surface area contributed by atoms with Crippen molar-refractivity contribution in [1.29, 1.82) is 0 Å². The van der Waals surface area contributed by atoms with Crippen molar-refractivity contribution in [3.63, 3.8) is 0 Å². The molecule has 1 aromatic rings. The minimum atomic E-state index is 0. The molecule has 4 unspecified atom stereocenters. The van der Waals surface area contributed by atoms with Gasteiger partial charge in [-0.1, -0.05) is 37.3 Å². The van der Waals surface area contributed by atoms with Gasteiger partial charge in [-0.2, -0.15) is 0 Å². The number of guanidine groups is 1. The Morgan fingerprint density at radius 2 is 2.09 bits per heavy atom. The van der Waals surface area contributed by atoms with Crippen LogP contribution in [0.3, 0.4) is 0 Å². The summed E-state index contributed by atoms with van der Waals surface area (Å²) in [5, 5.41) is 6.96. The van der Waals surface area contributed by atoms with Gasteiger partial charge in [0, 0.05) is 13.6 Å². The molecule has 128 valence electrons. The van der Waals surface area contributed by atoms with E-state index in [4.69, 9.17) is 4.74 Å². The monoisotopic (exact) mass is 429 g/mol. The van der Waals surface area contributed by atoms with Crippen LogP contribution in [0.15, 0.2) is 35.3 Å². The van der Waals surface area contributed by atoms with E-state index in [0.717, 1.165) is 25.3 Å². The molecule has 0 aliphatic carbocycles. The van der Waals surface area contributed by atoms with Crippen LogP contribution in [0.25, 0.3) is 0 Å². The first-order valence-corrected chi connectivity index (χ1v) is 8.44. The van der Waals surface area contributed by atoms with Crippen molar-refractivity contribution < 1.29 is 4.74 Å². The molecule has 2 bridgehead atoms. The Morgan fingerprint density at radius 3 is 2.70 bits per heavy atom. The van der Waals surface area contributed by atoms with Gasteiger partial charge in [0.05, 0.1) is 18.2 Å². The summed E-state index contributed by atoms with van der Waals surface area (Å²) in [6, 6.07) is 11.1. The molecule has 2 aliphatic heterocycles. The molecular formula is C18H28IN3O. The third-order valence-corrected chi connectivity index (χ3v) is 4.89. The van der Waals surface area contributed by atoms with Gasteiger partial charge in [0.2, 0.25) is 0 Å². The van der Waals surface area contributed by atoms with Crippen molar-refractivity contribution in [3.05, 3.63) is 35.9 Å². The van der Waals surface area contributed by atoms with E-state index in [2.05, 4.69) is 52.9 Å². The standard InChI is InChI=1S/C18H27N3O.HI/c1-13(14-6-4-3-5-7-14)10-11-20-18(19-2)21-16-12-15-8-9-17(16)22-15;/h3-7,13,15-17H,8-12H2,1-2H3,(H2,19,20,21);1H. The summed E-state index contributed by atoms with van der Waals surface area (Å²) < 4.78 is 5.89. The van der Waals surface area contributed by atoms with Crippen molar-refractivity contribution in [2.75, 3.05) is 13.6 Å². The predicted octanol–water partition coefficient (Wildman–Crippen LogP) is 3.28. The zero-order chi connectivity index (χ0) is 15.4. The van der Waals surface area contributed by atoms with Gasteiger partial charge < -0.3 is 15.4 Å². The summed E-state index contributed by atoms with van der Waals surface area (Å²) in [6.07, 6.45) is 5.47. The highest BCUT2D eigenvalue weighted by atomic mass is 127. The fourth-order valence-electron chi connectivity index (χ4n) is 3.52. The number of ether oxygens (including phenoxy) is 1. The first-order chi connectivity index (χ1) is 10.8. The first-order valence-electron chi connectivity index (χ1n) is 8.44. The van der Waals surface area contributed by atoms with Gasteiger partial charge in [-0.3, -0.25) is 4.99 Å². The maximum atomic E-state index is 5.89. The highest BCUT2D eigenvalue weighted by Crippen LogP contribution is 2.34. The molecule has 0 spiro atoms. The Bertz CT molecular complexity index is 508. The summed E-state index contributed by atoms with van der Waals surface area (Å²) in [5.41, 5.74) is 1.40. The molecular weight excluding hydrogens is 401 g/mol. The van der Waals surface area contributed by atoms with E-state index in [1.54, 1.807) is 0 Å². The Kier molecular flexibility index (Phi) is 7.14. The number of nitrogens with zero attached hydrogens (tertiary/aromatic N) is 1. The highest BCUT2D eigenvalue weighted by Gasteiger charge is 2.41. The number of hydrogen-bond donors (Lipinski definition) is 2. The zero-order valence-electron chi connectivity index (χ0n) is 14.0. The number of halogens is 1. The zero-order valence-corrected chi connectivity index (χ0v) is 16.3. The second-order valence-electron chi connectivity index (χ2n) is 6.46. The minimum absolute atomic E-state index is 0. The molecule has 3 rings (SSSR count). The second kappa shape index (κ2) is 8.87. The molecule has 0 amide bonds. The smallest absolute Gasteiger partial charge is 0.191 e. The van der Waals surface area contributed by atoms with Crippen LogP contribution < -0.4 is 10.6 Å². The number of hydrogen-bond acceptors (Lipinski definition) is 2. The maximum Gasteiger partial charge on any atom is 0.191 e. The summed E-state index contributed by atoms with van der Waals surface area (Å²) in [6.45, 7) is 3.20. The third-order valence-electron chi connectivity index (χ3n) is 4.89. The van der Waals surface area contributed by atoms with Crippen LogP contribution in [0.1, 0.15) is 44.1 Å². The number of benzene rings is 1. The Hall–Kier alpha value is -0.820. The maximum absolute atomic E-state index is 5.89. The van der Waals surface area contributed by atoms with E-state index in [9.17, 15) is 0 Å². The lowest BCUT2D eigenvalue weighted by Crippen LogP contribution is -2.47. The van der Waals surface area contributed by atoms with Crippen LogP contribution in [0.5, 0.6) is 0 Å². The average Bonchev–Trinajstić information content (AvgIpc) is 3.17. The Morgan fingerprint density at radius 1 is 1.30 bits per heavy atom. The van der Waals surface area contributed by atoms with Crippen LogP contribution in [-0.4, -0.2) is 37.8 Å². The van der Waals surface area contributed by atoms with E-state index in [0.29, 0.717) is 24.2 Å². The number of rotatable bonds is 5. The first kappa shape index (κ1) is 18.5. The summed E-state index contributed by atoms with van der Waals surface area (Å²) in [4.78, 5) is 4.34. The van der Waals surface area contributed by atoms with Crippen molar-refractivity contribution in [1.82, 2.24) is 10.6 Å². The lowest BCUT2D eigenvalue weighted by Gasteiger charge is -2.23. The third kappa shape index (κ3) is 4.83. The van der Waals surface area contributed by atoms with Gasteiger partial charge in [0.1, 0.15) is 0 Å². The number of aliphatic imine (C=N–C) groups is 1. The number of nitrogens with one attached hydrogen (secondary N) is 2. The van der Waals surface area contributed by atoms with Crippen LogP contribution in [0.4, 0.5) is 0 Å². The SMILES string of the molecule is CN=C(NCCC(C)c1ccccc1)NC1CC2CCC1O2.I. The quantitative estimate of drug-likeness (QED) is 0.429. The molecule has 4 atom stereocenters. The molecule has 4 nitrogen and oxygen atoms in total. The van der Waals surface area contributed by atoms with E-state index in [-0.39, 0.29) is 24.0 Å². The molecule has 2 N–H and O–H groups in total. The number of fused-ring (bicyclic) bond motifs is 2. The van der Waals surface area contributed by atoms with Gasteiger partial charge in [-0.25, -0.2) is 0 Å². The van der Waals surface area contributed by atoms with Crippen LogP contribution in [-0.2, 0) is 4.74 Å². The second-order valence-corrected chi connectivity index (χ2v) is 6.46. The van der Waals surface area contributed by atoms with Gasteiger partial charge in [-0.05, 0) is 37.2 Å². The summed E-state index contributed by atoms with van der Waals surface area (Å²) in [5.74, 6) is 1.46. The average molecular weight is 429 g/mol. The molecule has 0 aromatic heterocycles. The summed E-state index contributed by atoms with van der Waals surface area (Å²) >= 11 is 0. The van der Waals surface area contributed by atoms with Crippen molar-refractivity contribution in [2.24, 2.45) is 4.99 Å². The molecule has 2 fully saturated rings. The van der Waals surface area contributed by atoms with Crippen LogP contribution in [0, 0.1) is 0 Å². The normalized spacial score (nSPS) is 27.4. The van der Waals surface area contributed by atoms with Crippen molar-refractivity contribution in [3.8, 4) is 0 Å². The fraction of sp³-hybridized carbons (Fsp3) is 0.611. The van der Waals surface area contributed by atoms with E-state index >= 15 is 0 Å². The van der Waals surface area contributed by atoms with E-state index in [1.807, 2.05) is 7.05 Å².